The Balaban J connectivity index is 1.57. The van der Waals surface area contributed by atoms with Crippen LogP contribution in [0.15, 0.2) is 57.1 Å². The van der Waals surface area contributed by atoms with E-state index in [1.165, 1.54) is 0 Å². The second-order valence-corrected chi connectivity index (χ2v) is 7.22. The summed E-state index contributed by atoms with van der Waals surface area (Å²) in [4.78, 5) is 19.7. The number of aromatic nitrogens is 2. The number of nitrogens with zero attached hydrogens (tertiary/aromatic N) is 2. The average Bonchev–Trinajstić information content (AvgIpc) is 3.28. The van der Waals surface area contributed by atoms with Crippen molar-refractivity contribution in [1.29, 1.82) is 5.26 Å². The maximum Gasteiger partial charge on any atom is 0.375 e. The summed E-state index contributed by atoms with van der Waals surface area (Å²) < 4.78 is 11.6. The van der Waals surface area contributed by atoms with Gasteiger partial charge in [-0.05, 0) is 37.3 Å². The lowest BCUT2D eigenvalue weighted by atomic mass is 10.1. The van der Waals surface area contributed by atoms with Gasteiger partial charge in [0, 0.05) is 15.4 Å². The molecule has 8 heteroatoms. The molecule has 0 amide bonds. The first-order valence-electron chi connectivity index (χ1n) is 8.61. The summed E-state index contributed by atoms with van der Waals surface area (Å²) in [5, 5.41) is 20.5. The van der Waals surface area contributed by atoms with Gasteiger partial charge in [0.25, 0.3) is 0 Å². The zero-order valence-electron chi connectivity index (χ0n) is 15.2. The molecule has 144 valence electrons. The molecule has 7 nitrogen and oxygen atoms in total. The van der Waals surface area contributed by atoms with Crippen molar-refractivity contribution in [3.8, 4) is 6.07 Å². The summed E-state index contributed by atoms with van der Waals surface area (Å²) >= 11 is 3.38. The SMILES string of the molecule is Cc1c(C(=O)OCC(O)=C(C#N)c2nc3ccccc3[nH]2)oc2ccc(Br)cc12. The highest BCUT2D eigenvalue weighted by Crippen LogP contribution is 2.28. The van der Waals surface area contributed by atoms with E-state index in [9.17, 15) is 15.2 Å². The molecule has 0 saturated carbocycles. The minimum Gasteiger partial charge on any atom is -0.507 e. The fraction of sp³-hybridized carbons (Fsp3) is 0.0952. The van der Waals surface area contributed by atoms with E-state index in [0.29, 0.717) is 16.7 Å². The highest BCUT2D eigenvalue weighted by Gasteiger charge is 2.21. The smallest absolute Gasteiger partial charge is 0.375 e. The van der Waals surface area contributed by atoms with E-state index in [1.54, 1.807) is 25.1 Å². The number of benzene rings is 2. The fourth-order valence-corrected chi connectivity index (χ4v) is 3.35. The van der Waals surface area contributed by atoms with Crippen molar-refractivity contribution in [3.05, 3.63) is 69.8 Å². The van der Waals surface area contributed by atoms with Gasteiger partial charge in [-0.3, -0.25) is 0 Å². The van der Waals surface area contributed by atoms with Gasteiger partial charge in [0.2, 0.25) is 5.76 Å². The number of nitriles is 1. The molecule has 0 saturated heterocycles. The van der Waals surface area contributed by atoms with E-state index >= 15 is 0 Å². The monoisotopic (exact) mass is 451 g/mol. The highest BCUT2D eigenvalue weighted by atomic mass is 79.9. The molecule has 2 N–H and O–H groups in total. The van der Waals surface area contributed by atoms with E-state index in [0.717, 1.165) is 15.4 Å². The number of para-hydroxylation sites is 2. The number of aliphatic hydroxyl groups excluding tert-OH is 1. The first kappa shape index (κ1) is 18.8. The van der Waals surface area contributed by atoms with Gasteiger partial charge < -0.3 is 19.2 Å². The molecule has 0 radical (unpaired) electrons. The molecule has 0 unspecified atom stereocenters. The first-order valence-corrected chi connectivity index (χ1v) is 9.40. The average molecular weight is 452 g/mol. The van der Waals surface area contributed by atoms with Crippen LogP contribution in [0.2, 0.25) is 0 Å². The van der Waals surface area contributed by atoms with Crippen LogP contribution in [0, 0.1) is 18.3 Å². The van der Waals surface area contributed by atoms with Gasteiger partial charge in [-0.25, -0.2) is 9.78 Å². The van der Waals surface area contributed by atoms with Crippen LogP contribution in [0.1, 0.15) is 21.9 Å². The lowest BCUT2D eigenvalue weighted by molar-refractivity contribution is 0.0468. The summed E-state index contributed by atoms with van der Waals surface area (Å²) in [5.74, 6) is -0.889. The Morgan fingerprint density at radius 1 is 1.34 bits per heavy atom. The number of rotatable bonds is 4. The minimum atomic E-state index is -0.733. The van der Waals surface area contributed by atoms with Crippen LogP contribution in [0.25, 0.3) is 27.6 Å². The fourth-order valence-electron chi connectivity index (χ4n) is 2.98. The molecule has 2 aromatic heterocycles. The Morgan fingerprint density at radius 2 is 2.14 bits per heavy atom. The molecule has 0 atom stereocenters. The van der Waals surface area contributed by atoms with Gasteiger partial charge in [0.05, 0.1) is 11.0 Å². The number of carbonyl (C=O) groups is 1. The van der Waals surface area contributed by atoms with Crippen LogP contribution < -0.4 is 0 Å². The number of aryl methyl sites for hydroxylation is 1. The number of carbonyl (C=O) groups excluding carboxylic acids is 1. The maximum absolute atomic E-state index is 12.4. The molecule has 0 fully saturated rings. The third-order valence-corrected chi connectivity index (χ3v) is 4.94. The molecular formula is C21H14BrN3O4. The number of allylic oxidation sites excluding steroid dienone is 1. The number of imidazole rings is 1. The number of ether oxygens (including phenoxy) is 1. The van der Waals surface area contributed by atoms with Crippen molar-refractivity contribution < 1.29 is 19.1 Å². The lowest BCUT2D eigenvalue weighted by Crippen LogP contribution is -2.09. The van der Waals surface area contributed by atoms with E-state index in [4.69, 9.17) is 9.15 Å². The summed E-state index contributed by atoms with van der Waals surface area (Å²) in [5.41, 5.74) is 2.47. The number of hydrogen-bond donors (Lipinski definition) is 2. The van der Waals surface area contributed by atoms with Crippen LogP contribution in [-0.4, -0.2) is 27.7 Å². The molecular weight excluding hydrogens is 438 g/mol. The van der Waals surface area contributed by atoms with Crippen LogP contribution in [0.3, 0.4) is 0 Å². The van der Waals surface area contributed by atoms with Crippen molar-refractivity contribution in [2.24, 2.45) is 0 Å². The molecule has 0 spiro atoms. The third kappa shape index (κ3) is 3.48. The Morgan fingerprint density at radius 3 is 2.90 bits per heavy atom. The van der Waals surface area contributed by atoms with Gasteiger partial charge in [-0.15, -0.1) is 0 Å². The van der Waals surface area contributed by atoms with Crippen molar-refractivity contribution in [2.45, 2.75) is 6.92 Å². The van der Waals surface area contributed by atoms with Gasteiger partial charge in [-0.1, -0.05) is 28.1 Å². The van der Waals surface area contributed by atoms with Gasteiger partial charge in [0.1, 0.15) is 17.2 Å². The number of aliphatic hydroxyl groups is 1. The van der Waals surface area contributed by atoms with Crippen molar-refractivity contribution in [3.63, 3.8) is 0 Å². The highest BCUT2D eigenvalue weighted by molar-refractivity contribution is 9.10. The summed E-state index contributed by atoms with van der Waals surface area (Å²) in [6, 6.07) is 14.5. The molecule has 0 aliphatic rings. The zero-order chi connectivity index (χ0) is 20.5. The normalized spacial score (nSPS) is 12.0. The number of hydrogen-bond acceptors (Lipinski definition) is 6. The van der Waals surface area contributed by atoms with E-state index in [1.807, 2.05) is 30.3 Å². The second kappa shape index (κ2) is 7.45. The molecule has 0 aliphatic carbocycles. The summed E-state index contributed by atoms with van der Waals surface area (Å²) in [6.45, 7) is 1.26. The van der Waals surface area contributed by atoms with E-state index in [2.05, 4.69) is 25.9 Å². The molecule has 0 aliphatic heterocycles. The number of fused-ring (bicyclic) bond motifs is 2. The van der Waals surface area contributed by atoms with Crippen molar-refractivity contribution >= 4 is 49.5 Å². The van der Waals surface area contributed by atoms with E-state index in [-0.39, 0.29) is 17.2 Å². The second-order valence-electron chi connectivity index (χ2n) is 6.31. The quantitative estimate of drug-likeness (QED) is 0.255. The Labute approximate surface area is 173 Å². The number of esters is 1. The number of aromatic amines is 1. The largest absolute Gasteiger partial charge is 0.507 e. The molecule has 2 heterocycles. The van der Waals surface area contributed by atoms with Crippen molar-refractivity contribution in [1.82, 2.24) is 9.97 Å². The van der Waals surface area contributed by atoms with E-state index < -0.39 is 18.3 Å². The number of furan rings is 1. The van der Waals surface area contributed by atoms with Crippen LogP contribution in [0.5, 0.6) is 0 Å². The first-order chi connectivity index (χ1) is 14.0. The maximum atomic E-state index is 12.4. The standard InChI is InChI=1S/C21H14BrN3O4/c1-11-13-8-12(22)6-7-18(13)29-19(11)21(27)28-10-17(26)14(9-23)20-24-15-4-2-3-5-16(15)25-20/h2-8,26H,10H2,1H3,(H,24,25). The molecule has 0 bridgehead atoms. The topological polar surface area (TPSA) is 112 Å². The Kier molecular flexibility index (Phi) is 4.82. The minimum absolute atomic E-state index is 0.0492. The number of nitrogens with one attached hydrogen (secondary N) is 1. The predicted octanol–water partition coefficient (Wildman–Crippen LogP) is 5.03. The molecule has 4 aromatic rings. The summed E-state index contributed by atoms with van der Waals surface area (Å²) in [6.07, 6.45) is 0. The summed E-state index contributed by atoms with van der Waals surface area (Å²) in [7, 11) is 0. The predicted molar refractivity (Wildman–Crippen MR) is 110 cm³/mol. The Hall–Kier alpha value is -3.57. The molecule has 2 aromatic carbocycles. The number of H-pyrrole nitrogens is 1. The third-order valence-electron chi connectivity index (χ3n) is 4.45. The van der Waals surface area contributed by atoms with Gasteiger partial charge in [-0.2, -0.15) is 5.26 Å². The van der Waals surface area contributed by atoms with Gasteiger partial charge >= 0.3 is 5.97 Å². The number of halogens is 1. The van der Waals surface area contributed by atoms with Crippen LogP contribution >= 0.6 is 15.9 Å². The van der Waals surface area contributed by atoms with Crippen LogP contribution in [-0.2, 0) is 4.74 Å². The van der Waals surface area contributed by atoms with Gasteiger partial charge in [0.15, 0.2) is 18.2 Å². The van der Waals surface area contributed by atoms with Crippen LogP contribution in [0.4, 0.5) is 0 Å². The Bertz CT molecular complexity index is 1290. The van der Waals surface area contributed by atoms with Crippen molar-refractivity contribution in [2.75, 3.05) is 6.61 Å². The lowest BCUT2D eigenvalue weighted by Gasteiger charge is -2.04. The molecule has 4 rings (SSSR count). The zero-order valence-corrected chi connectivity index (χ0v) is 16.8. The molecule has 29 heavy (non-hydrogen) atoms.